The van der Waals surface area contributed by atoms with Crippen LogP contribution < -0.4 is 15.4 Å². The number of carbonyl (C=O) groups excluding carboxylic acids is 1. The van der Waals surface area contributed by atoms with Crippen LogP contribution in [-0.2, 0) is 0 Å². The van der Waals surface area contributed by atoms with E-state index < -0.39 is 0 Å². The molecule has 100 valence electrons. The second kappa shape index (κ2) is 7.55. The van der Waals surface area contributed by atoms with E-state index in [1.54, 1.807) is 31.4 Å². The Morgan fingerprint density at radius 3 is 2.94 bits per heavy atom. The minimum absolute atomic E-state index is 0.286. The van der Waals surface area contributed by atoms with Crippen molar-refractivity contribution >= 4 is 11.7 Å². The van der Waals surface area contributed by atoms with Gasteiger partial charge in [0, 0.05) is 18.3 Å². The number of anilines is 1. The number of ether oxygens (including phenoxy) is 1. The van der Waals surface area contributed by atoms with Crippen LogP contribution in [0.2, 0.25) is 0 Å². The predicted octanol–water partition coefficient (Wildman–Crippen LogP) is 1.98. The zero-order valence-electron chi connectivity index (χ0n) is 10.8. The molecular weight excluding hydrogens is 232 g/mol. The second-order valence-corrected chi connectivity index (χ2v) is 3.96. The smallest absolute Gasteiger partial charge is 0.319 e. The molecule has 0 fully saturated rings. The van der Waals surface area contributed by atoms with Gasteiger partial charge in [-0.25, -0.2) is 4.79 Å². The van der Waals surface area contributed by atoms with Gasteiger partial charge in [0.2, 0.25) is 0 Å². The molecule has 5 heteroatoms. The lowest BCUT2D eigenvalue weighted by Crippen LogP contribution is -2.31. The molecule has 0 spiro atoms. The number of nitrogens with one attached hydrogen (secondary N) is 2. The maximum Gasteiger partial charge on any atom is 0.319 e. The van der Waals surface area contributed by atoms with E-state index in [1.165, 1.54) is 0 Å². The summed E-state index contributed by atoms with van der Waals surface area (Å²) in [4.78, 5) is 11.5. The quantitative estimate of drug-likeness (QED) is 0.725. The van der Waals surface area contributed by atoms with Crippen LogP contribution in [0, 0.1) is 0 Å². The van der Waals surface area contributed by atoms with E-state index in [9.17, 15) is 9.90 Å². The Bertz CT molecular complexity index is 382. The van der Waals surface area contributed by atoms with Gasteiger partial charge in [0.05, 0.1) is 13.2 Å². The van der Waals surface area contributed by atoms with Crippen molar-refractivity contribution in [1.82, 2.24) is 5.32 Å². The standard InChI is InChI=1S/C13H20N2O3/c1-3-11(16)7-8-14-13(17)15-10-5-4-6-12(9-10)18-2/h4-6,9,11,16H,3,7-8H2,1-2H3,(H2,14,15,17). The monoisotopic (exact) mass is 252 g/mol. The molecule has 5 nitrogen and oxygen atoms in total. The molecule has 3 N–H and O–H groups in total. The molecule has 0 aromatic heterocycles. The van der Waals surface area contributed by atoms with Gasteiger partial charge in [-0.3, -0.25) is 0 Å². The van der Waals surface area contributed by atoms with Crippen LogP contribution >= 0.6 is 0 Å². The van der Waals surface area contributed by atoms with Gasteiger partial charge in [0.15, 0.2) is 0 Å². The molecule has 1 unspecified atom stereocenters. The molecule has 0 saturated heterocycles. The Hall–Kier alpha value is -1.75. The highest BCUT2D eigenvalue weighted by Crippen LogP contribution is 2.16. The number of hydrogen-bond acceptors (Lipinski definition) is 3. The normalized spacial score (nSPS) is 11.7. The summed E-state index contributed by atoms with van der Waals surface area (Å²) in [6, 6.07) is 6.84. The Kier molecular flexibility index (Phi) is 6.00. The fraction of sp³-hybridized carbons (Fsp3) is 0.462. The van der Waals surface area contributed by atoms with Crippen molar-refractivity contribution in [3.63, 3.8) is 0 Å². The Labute approximate surface area is 107 Å². The topological polar surface area (TPSA) is 70.6 Å². The third kappa shape index (κ3) is 5.05. The molecule has 0 aliphatic carbocycles. The molecule has 0 heterocycles. The maximum atomic E-state index is 11.5. The Balaban J connectivity index is 2.35. The molecule has 0 bridgehead atoms. The molecule has 1 aromatic rings. The predicted molar refractivity (Wildman–Crippen MR) is 70.9 cm³/mol. The molecule has 2 amide bonds. The van der Waals surface area contributed by atoms with Gasteiger partial charge < -0.3 is 20.5 Å². The zero-order valence-corrected chi connectivity index (χ0v) is 10.8. The first-order chi connectivity index (χ1) is 8.65. The van der Waals surface area contributed by atoms with Crippen molar-refractivity contribution in [2.24, 2.45) is 0 Å². The van der Waals surface area contributed by atoms with Gasteiger partial charge in [-0.05, 0) is 25.0 Å². The van der Waals surface area contributed by atoms with Gasteiger partial charge in [-0.2, -0.15) is 0 Å². The average Bonchev–Trinajstić information content (AvgIpc) is 2.38. The van der Waals surface area contributed by atoms with Crippen LogP contribution in [-0.4, -0.2) is 30.9 Å². The van der Waals surface area contributed by atoms with Gasteiger partial charge in [-0.15, -0.1) is 0 Å². The van der Waals surface area contributed by atoms with Crippen molar-refractivity contribution in [3.05, 3.63) is 24.3 Å². The van der Waals surface area contributed by atoms with Crippen LogP contribution in [0.1, 0.15) is 19.8 Å². The van der Waals surface area contributed by atoms with Crippen LogP contribution in [0.25, 0.3) is 0 Å². The van der Waals surface area contributed by atoms with E-state index in [1.807, 2.05) is 6.92 Å². The fourth-order valence-corrected chi connectivity index (χ4v) is 1.43. The molecule has 1 aromatic carbocycles. The summed E-state index contributed by atoms with van der Waals surface area (Å²) in [5.74, 6) is 0.689. The maximum absolute atomic E-state index is 11.5. The molecule has 0 aliphatic rings. The van der Waals surface area contributed by atoms with Crippen molar-refractivity contribution in [2.75, 3.05) is 19.0 Å². The van der Waals surface area contributed by atoms with Gasteiger partial charge in [0.1, 0.15) is 5.75 Å². The number of aliphatic hydroxyl groups excluding tert-OH is 1. The number of hydrogen-bond donors (Lipinski definition) is 3. The van der Waals surface area contributed by atoms with E-state index in [0.717, 1.165) is 0 Å². The number of benzene rings is 1. The van der Waals surface area contributed by atoms with Crippen LogP contribution in [0.4, 0.5) is 10.5 Å². The summed E-state index contributed by atoms with van der Waals surface area (Å²) in [6.07, 6.45) is 0.892. The largest absolute Gasteiger partial charge is 0.497 e. The van der Waals surface area contributed by atoms with Gasteiger partial charge >= 0.3 is 6.03 Å². The van der Waals surface area contributed by atoms with Crippen LogP contribution in [0.5, 0.6) is 5.75 Å². The van der Waals surface area contributed by atoms with Crippen molar-refractivity contribution in [3.8, 4) is 5.75 Å². The lowest BCUT2D eigenvalue weighted by Gasteiger charge is -2.10. The molecular formula is C13H20N2O3. The fourth-order valence-electron chi connectivity index (χ4n) is 1.43. The van der Waals surface area contributed by atoms with E-state index in [2.05, 4.69) is 10.6 Å². The summed E-state index contributed by atoms with van der Waals surface area (Å²) in [5, 5.41) is 14.7. The SMILES string of the molecule is CCC(O)CCNC(=O)Nc1cccc(OC)c1. The lowest BCUT2D eigenvalue weighted by atomic mass is 10.2. The number of amides is 2. The first kappa shape index (κ1) is 14.3. The van der Waals surface area contributed by atoms with E-state index >= 15 is 0 Å². The highest BCUT2D eigenvalue weighted by atomic mass is 16.5. The van der Waals surface area contributed by atoms with E-state index in [-0.39, 0.29) is 12.1 Å². The summed E-state index contributed by atoms with van der Waals surface area (Å²) < 4.78 is 5.06. The van der Waals surface area contributed by atoms with Gasteiger partial charge in [0.25, 0.3) is 0 Å². The number of methoxy groups -OCH3 is 1. The van der Waals surface area contributed by atoms with Crippen molar-refractivity contribution < 1.29 is 14.6 Å². The first-order valence-corrected chi connectivity index (χ1v) is 6.02. The summed E-state index contributed by atoms with van der Waals surface area (Å²) in [6.45, 7) is 2.35. The number of carbonyl (C=O) groups is 1. The van der Waals surface area contributed by atoms with Crippen molar-refractivity contribution in [1.29, 1.82) is 0 Å². The highest BCUT2D eigenvalue weighted by molar-refractivity contribution is 5.89. The molecule has 0 aliphatic heterocycles. The molecule has 1 atom stereocenters. The minimum atomic E-state index is -0.359. The van der Waals surface area contributed by atoms with Crippen LogP contribution in [0.15, 0.2) is 24.3 Å². The number of urea groups is 1. The average molecular weight is 252 g/mol. The van der Waals surface area contributed by atoms with E-state index in [4.69, 9.17) is 4.74 Å². The first-order valence-electron chi connectivity index (χ1n) is 6.02. The zero-order chi connectivity index (χ0) is 13.4. The lowest BCUT2D eigenvalue weighted by molar-refractivity contribution is 0.160. The molecule has 18 heavy (non-hydrogen) atoms. The molecule has 1 rings (SSSR count). The Morgan fingerprint density at radius 1 is 1.50 bits per heavy atom. The summed E-state index contributed by atoms with van der Waals surface area (Å²) >= 11 is 0. The van der Waals surface area contributed by atoms with E-state index in [0.29, 0.717) is 30.8 Å². The summed E-state index contributed by atoms with van der Waals surface area (Å²) in [5.41, 5.74) is 0.669. The number of rotatable bonds is 6. The van der Waals surface area contributed by atoms with Crippen molar-refractivity contribution in [2.45, 2.75) is 25.9 Å². The third-order valence-corrected chi connectivity index (χ3v) is 2.56. The summed E-state index contributed by atoms with van der Waals surface area (Å²) in [7, 11) is 1.57. The van der Waals surface area contributed by atoms with Crippen LogP contribution in [0.3, 0.4) is 0 Å². The molecule has 0 radical (unpaired) electrons. The van der Waals surface area contributed by atoms with Gasteiger partial charge in [-0.1, -0.05) is 13.0 Å². The number of aliphatic hydroxyl groups is 1. The highest BCUT2D eigenvalue weighted by Gasteiger charge is 2.04. The Morgan fingerprint density at radius 2 is 2.28 bits per heavy atom. The third-order valence-electron chi connectivity index (χ3n) is 2.56. The minimum Gasteiger partial charge on any atom is -0.497 e. The molecule has 0 saturated carbocycles. The second-order valence-electron chi connectivity index (χ2n) is 3.96.